The number of piperidine rings is 1. The quantitative estimate of drug-likeness (QED) is 0.0590. The predicted octanol–water partition coefficient (Wildman–Crippen LogP) is 6.23. The Labute approximate surface area is 470 Å². The average molecular weight is 1130 g/mol. The van der Waals surface area contributed by atoms with Crippen LogP contribution in [0.4, 0.5) is 20.2 Å². The van der Waals surface area contributed by atoms with Crippen LogP contribution < -0.4 is 19.9 Å². The summed E-state index contributed by atoms with van der Waals surface area (Å²) in [5.41, 5.74) is 6.70. The molecule has 4 fully saturated rings. The summed E-state index contributed by atoms with van der Waals surface area (Å²) < 4.78 is 55.2. The zero-order chi connectivity index (χ0) is 56.4. The third-order valence-corrected chi connectivity index (χ3v) is 17.6. The van der Waals surface area contributed by atoms with Gasteiger partial charge in [-0.1, -0.05) is 63.2 Å². The van der Waals surface area contributed by atoms with Crippen LogP contribution >= 0.6 is 11.3 Å². The number of carbonyl (C=O) groups excluding carboxylic acids is 4. The number of β-amino-alcohol motifs (C(OH)–C–C–N with tert-alkyl or cyclic N) is 1. The number of alkyl halides is 1. The van der Waals surface area contributed by atoms with E-state index in [1.54, 1.807) is 17.5 Å². The summed E-state index contributed by atoms with van der Waals surface area (Å²) >= 11 is -1.38. The number of aromatic nitrogens is 3. The molecule has 4 N–H and O–H groups in total. The normalized spacial score (nSPS) is 20.5. The number of rotatable bonds is 17. The number of aliphatic hydroxyl groups excluding tert-OH is 1. The van der Waals surface area contributed by atoms with E-state index in [9.17, 15) is 37.4 Å². The fourth-order valence-electron chi connectivity index (χ4n) is 11.5. The van der Waals surface area contributed by atoms with Crippen molar-refractivity contribution in [1.29, 1.82) is 0 Å². The minimum absolute atomic E-state index is 0.00753. The second-order valence-electron chi connectivity index (χ2n) is 22.6. The monoisotopic (exact) mass is 1130 g/mol. The number of likely N-dealkylation sites (tertiary alicyclic amines) is 2. The number of piperazine rings is 1. The number of halogens is 2. The molecule has 4 aliphatic rings. The van der Waals surface area contributed by atoms with Gasteiger partial charge < -0.3 is 35.1 Å². The van der Waals surface area contributed by atoms with E-state index in [4.69, 9.17) is 0 Å². The number of H-pyrrole nitrogens is 1. The number of hydrogen-bond acceptors (Lipinski definition) is 14. The molecule has 0 radical (unpaired) electrons. The Balaban J connectivity index is 0.678. The van der Waals surface area contributed by atoms with Gasteiger partial charge in [-0.2, -0.15) is 0 Å². The van der Waals surface area contributed by atoms with Crippen LogP contribution in [-0.4, -0.2) is 168 Å². The number of aromatic amines is 1. The molecule has 4 saturated heterocycles. The number of nitrogens with zero attached hydrogens (tertiary/aromatic N) is 8. The van der Waals surface area contributed by atoms with Gasteiger partial charge in [0.1, 0.15) is 29.6 Å². The topological polar surface area (TPSA) is 214 Å². The molecule has 1 unspecified atom stereocenters. The van der Waals surface area contributed by atoms with E-state index in [1.807, 2.05) is 75.7 Å². The van der Waals surface area contributed by atoms with Gasteiger partial charge in [0.25, 0.3) is 0 Å². The number of fused-ring (bicyclic) bond motifs is 1. The predicted molar refractivity (Wildman–Crippen MR) is 303 cm³/mol. The van der Waals surface area contributed by atoms with Gasteiger partial charge in [-0.05, 0) is 97.6 Å². The highest BCUT2D eigenvalue weighted by atomic mass is 32.2. The summed E-state index contributed by atoms with van der Waals surface area (Å²) in [6.07, 6.45) is 3.18. The van der Waals surface area contributed by atoms with E-state index in [-0.39, 0.29) is 80.1 Å². The lowest BCUT2D eigenvalue weighted by Gasteiger charge is -2.40. The summed E-state index contributed by atoms with van der Waals surface area (Å²) in [6.45, 7) is 14.0. The SMILES string of the molecule is Cc1ncsc1-c1ccc(CNC(=O)[C@@H]2C[C@@H](O)CN2C(=O)[C@@H](NC(=O)CN2CCC(CN3CCN(c4ccc(-c5cnc6[nH]cc(C(=O)c7cccc(N(N8CC[C@@H](F)C8)S(=O)[O-])c7F)c6c5)cc4)CC3)CC2)C(C)(C)C)cc1. The highest BCUT2D eigenvalue weighted by Gasteiger charge is 2.45. The van der Waals surface area contributed by atoms with Crippen LogP contribution in [0.5, 0.6) is 0 Å². The lowest BCUT2D eigenvalue weighted by atomic mass is 9.85. The van der Waals surface area contributed by atoms with Crippen LogP contribution in [0, 0.1) is 24.1 Å². The number of benzene rings is 3. The van der Waals surface area contributed by atoms with E-state index in [2.05, 4.69) is 52.4 Å². The third-order valence-electron chi connectivity index (χ3n) is 16.0. The molecule has 3 aromatic carbocycles. The number of hydrogen-bond donors (Lipinski definition) is 4. The number of pyridine rings is 1. The second-order valence-corrected chi connectivity index (χ2v) is 24.2. The number of thiazole rings is 1. The average Bonchev–Trinajstić information content (AvgIpc) is 4.30. The molecule has 18 nitrogen and oxygen atoms in total. The molecule has 0 spiro atoms. The maximum absolute atomic E-state index is 16.1. The molecular weight excluding hydrogens is 1060 g/mol. The molecule has 3 amide bonds. The smallest absolute Gasteiger partial charge is 0.246 e. The number of amides is 3. The molecule has 0 aliphatic carbocycles. The van der Waals surface area contributed by atoms with E-state index in [0.717, 1.165) is 97.2 Å². The van der Waals surface area contributed by atoms with Crippen molar-refractivity contribution < 1.29 is 41.8 Å². The summed E-state index contributed by atoms with van der Waals surface area (Å²) in [5.74, 6) is -2.18. The summed E-state index contributed by atoms with van der Waals surface area (Å²) in [7, 11) is 0. The summed E-state index contributed by atoms with van der Waals surface area (Å²) in [5, 5.41) is 18.4. The van der Waals surface area contributed by atoms with Gasteiger partial charge in [0.2, 0.25) is 17.7 Å². The van der Waals surface area contributed by atoms with Crippen molar-refractivity contribution in [3.8, 4) is 21.6 Å². The lowest BCUT2D eigenvalue weighted by molar-refractivity contribution is -0.144. The van der Waals surface area contributed by atoms with Gasteiger partial charge >= 0.3 is 0 Å². The largest absolute Gasteiger partial charge is 0.754 e. The zero-order valence-corrected chi connectivity index (χ0v) is 47.0. The third kappa shape index (κ3) is 12.7. The Hall–Kier alpha value is -6.53. The Morgan fingerprint density at radius 2 is 1.62 bits per heavy atom. The number of carbonyl (C=O) groups is 4. The van der Waals surface area contributed by atoms with Gasteiger partial charge in [0.15, 0.2) is 11.6 Å². The number of aryl methyl sites for hydroxylation is 1. The van der Waals surface area contributed by atoms with Crippen molar-refractivity contribution in [2.75, 3.05) is 81.3 Å². The van der Waals surface area contributed by atoms with Gasteiger partial charge in [0, 0.05) is 93.4 Å². The highest BCUT2D eigenvalue weighted by molar-refractivity contribution is 7.80. The van der Waals surface area contributed by atoms with Gasteiger partial charge in [-0.25, -0.2) is 28.2 Å². The van der Waals surface area contributed by atoms with Gasteiger partial charge in [-0.15, -0.1) is 11.3 Å². The molecule has 10 rings (SSSR count). The van der Waals surface area contributed by atoms with Crippen molar-refractivity contribution in [2.24, 2.45) is 11.3 Å². The standard InChI is InChI=1S/C58H69F2N11O7S2/c1-36-53(79-35-64-36)40-10-8-37(9-11-40)28-63-56(75)49-27-44(72)33-70(49)57(76)54(58(2,3)4)65-50(73)34-66-19-16-38(17-20-66)31-67-22-24-68(25-23-67)43-14-12-39(13-15-43)41-26-46-47(30-62-55(46)61-29-41)52(74)45-6-5-7-48(51(45)60)71(80(77)78)69-21-18-42(59)32-69/h5-15,26,29-30,35,38,42,44,49,54,72H,16-25,27-28,31-34H2,1-4H3,(H,61,62)(H,63,75)(H,65,73)(H,77,78)/p-1/t42-,44-,49+,54-/m1/s1. The summed E-state index contributed by atoms with van der Waals surface area (Å²) in [4.78, 5) is 76.8. The molecule has 7 heterocycles. The molecule has 6 aromatic rings. The van der Waals surface area contributed by atoms with E-state index in [1.165, 1.54) is 34.3 Å². The highest BCUT2D eigenvalue weighted by Crippen LogP contribution is 2.34. The van der Waals surface area contributed by atoms with Crippen LogP contribution in [0.25, 0.3) is 32.6 Å². The molecule has 424 valence electrons. The van der Waals surface area contributed by atoms with Gasteiger partial charge in [0.05, 0.1) is 52.1 Å². The van der Waals surface area contributed by atoms with Crippen LogP contribution in [0.2, 0.25) is 0 Å². The first-order valence-electron chi connectivity index (χ1n) is 27.3. The molecule has 3 aromatic heterocycles. The zero-order valence-electron chi connectivity index (χ0n) is 45.4. The number of nitrogens with one attached hydrogen (secondary N) is 3. The maximum atomic E-state index is 16.1. The van der Waals surface area contributed by atoms with E-state index in [0.29, 0.717) is 21.4 Å². The van der Waals surface area contributed by atoms with Crippen molar-refractivity contribution >= 4 is 68.5 Å². The van der Waals surface area contributed by atoms with Gasteiger partial charge in [-0.3, -0.25) is 33.2 Å². The maximum Gasteiger partial charge on any atom is 0.246 e. The van der Waals surface area contributed by atoms with Crippen molar-refractivity contribution in [3.63, 3.8) is 0 Å². The minimum Gasteiger partial charge on any atom is -0.754 e. The number of hydrazine groups is 1. The first-order chi connectivity index (χ1) is 38.4. The molecule has 0 saturated carbocycles. The van der Waals surface area contributed by atoms with E-state index >= 15 is 4.39 Å². The van der Waals surface area contributed by atoms with E-state index < -0.39 is 52.6 Å². The van der Waals surface area contributed by atoms with Crippen LogP contribution in [0.1, 0.15) is 73.6 Å². The fraction of sp³-hybridized carbons (Fsp3) is 0.448. The van der Waals surface area contributed by atoms with Crippen molar-refractivity contribution in [2.45, 2.75) is 84.3 Å². The van der Waals surface area contributed by atoms with Crippen molar-refractivity contribution in [1.82, 2.24) is 45.3 Å². The van der Waals surface area contributed by atoms with Crippen LogP contribution in [-0.2, 0) is 32.2 Å². The Kier molecular flexibility index (Phi) is 17.2. The molecule has 4 aliphatic heterocycles. The first-order valence-corrected chi connectivity index (χ1v) is 29.2. The minimum atomic E-state index is -2.95. The Bertz CT molecular complexity index is 3230. The fourth-order valence-corrected chi connectivity index (χ4v) is 12.9. The van der Waals surface area contributed by atoms with Crippen LogP contribution in [0.15, 0.2) is 90.7 Å². The molecular formula is C58H68F2N11O7S2-. The van der Waals surface area contributed by atoms with Crippen LogP contribution in [0.3, 0.4) is 0 Å². The number of ketones is 1. The number of aliphatic hydroxyl groups is 1. The molecule has 5 atom stereocenters. The van der Waals surface area contributed by atoms with Crippen molar-refractivity contribution in [3.05, 3.63) is 119 Å². The Morgan fingerprint density at radius 3 is 2.29 bits per heavy atom. The molecule has 0 bridgehead atoms. The lowest BCUT2D eigenvalue weighted by Crippen LogP contribution is -2.59. The molecule has 80 heavy (non-hydrogen) atoms. The summed E-state index contributed by atoms with van der Waals surface area (Å²) in [6, 6.07) is 20.1. The first kappa shape index (κ1) is 56.7. The molecule has 22 heteroatoms. The second kappa shape index (κ2) is 24.3. The Morgan fingerprint density at radius 1 is 0.900 bits per heavy atom. The number of anilines is 2.